The molecule has 9 nitrogen and oxygen atoms in total. The molecule has 1 heterocycles. The van der Waals surface area contributed by atoms with Crippen molar-refractivity contribution in [3.05, 3.63) is 35.9 Å². The number of carbonyl (C=O) groups is 2. The zero-order valence-electron chi connectivity index (χ0n) is 26.2. The number of nitrogens with one attached hydrogen (secondary N) is 1. The molecule has 0 bridgehead atoms. The molecule has 41 heavy (non-hydrogen) atoms. The normalized spacial score (nSPS) is 17.0. The third kappa shape index (κ3) is 12.8. The minimum absolute atomic E-state index is 0.0267. The van der Waals surface area contributed by atoms with Gasteiger partial charge in [-0.25, -0.2) is 4.31 Å². The Morgan fingerprint density at radius 2 is 1.34 bits per heavy atom. The maximum absolute atomic E-state index is 12.2. The first-order valence-electron chi connectivity index (χ1n) is 15.7. The minimum atomic E-state index is -4.66. The minimum Gasteiger partial charge on any atom is -0.346 e. The van der Waals surface area contributed by atoms with Crippen LogP contribution in [-0.2, 0) is 31.1 Å². The molecule has 1 aromatic carbocycles. The number of quaternary nitrogens is 1. The largest absolute Gasteiger partial charge is 0.362 e. The third-order valence-electron chi connectivity index (χ3n) is 7.56. The number of carbonyl (C=O) groups excluding carboxylic acids is 2. The van der Waals surface area contributed by atoms with Crippen LogP contribution in [0.25, 0.3) is 0 Å². The lowest BCUT2D eigenvalue weighted by molar-refractivity contribution is -0.929. The predicted octanol–water partition coefficient (Wildman–Crippen LogP) is 5.51. The maximum atomic E-state index is 12.2. The highest BCUT2D eigenvalue weighted by atomic mass is 32.2. The van der Waals surface area contributed by atoms with Crippen molar-refractivity contribution in [2.45, 2.75) is 111 Å². The number of hydrogen-bond acceptors (Lipinski definition) is 5. The summed E-state index contributed by atoms with van der Waals surface area (Å²) in [4.78, 5) is 24.3. The third-order valence-corrected chi connectivity index (χ3v) is 8.41. The van der Waals surface area contributed by atoms with E-state index >= 15 is 0 Å². The first kappa shape index (κ1) is 37.0. The number of β-lactam (4-membered cyclic amide) rings is 1. The first-order valence-corrected chi connectivity index (χ1v) is 17.1. The van der Waals surface area contributed by atoms with Gasteiger partial charge in [0.2, 0.25) is 11.6 Å². The van der Waals surface area contributed by atoms with Crippen LogP contribution in [-0.4, -0.2) is 78.6 Å². The summed E-state index contributed by atoms with van der Waals surface area (Å²) in [6.45, 7) is 16.7. The first-order chi connectivity index (χ1) is 19.5. The molecule has 0 aliphatic carbocycles. The topological polar surface area (TPSA) is 113 Å². The number of nitrogens with zero attached hydrogens (tertiary/aromatic N) is 2. The van der Waals surface area contributed by atoms with E-state index in [1.165, 1.54) is 82.0 Å². The summed E-state index contributed by atoms with van der Waals surface area (Å²) in [7, 11) is -4.66. The van der Waals surface area contributed by atoms with Crippen molar-refractivity contribution < 1.29 is 31.8 Å². The molecule has 1 aliphatic rings. The number of benzene rings is 1. The Hall–Kier alpha value is -2.01. The number of rotatable bonds is 20. The van der Waals surface area contributed by atoms with Gasteiger partial charge in [-0.3, -0.25) is 14.1 Å². The van der Waals surface area contributed by atoms with Crippen LogP contribution in [0, 0.1) is 0 Å². The molecule has 2 amide bonds. The molecular formula is C31H56N3O6S+. The van der Waals surface area contributed by atoms with E-state index in [-0.39, 0.29) is 17.3 Å². The van der Waals surface area contributed by atoms with Crippen LogP contribution in [0.2, 0.25) is 0 Å². The zero-order chi connectivity index (χ0) is 30.8. The van der Waals surface area contributed by atoms with Gasteiger partial charge in [0.1, 0.15) is 0 Å². The van der Waals surface area contributed by atoms with Gasteiger partial charge in [-0.2, -0.15) is 8.42 Å². The van der Waals surface area contributed by atoms with Gasteiger partial charge in [-0.15, -0.1) is 0 Å². The summed E-state index contributed by atoms with van der Waals surface area (Å²) in [5.41, 5.74) is -0.992. The summed E-state index contributed by atoms with van der Waals surface area (Å²) < 4.78 is 38.4. The van der Waals surface area contributed by atoms with Crippen LogP contribution in [0.15, 0.2) is 30.3 Å². The van der Waals surface area contributed by atoms with Crippen LogP contribution in [0.5, 0.6) is 0 Å². The highest BCUT2D eigenvalue weighted by Crippen LogP contribution is 2.27. The van der Waals surface area contributed by atoms with Crippen LogP contribution < -0.4 is 5.32 Å². The lowest BCUT2D eigenvalue weighted by Crippen LogP contribution is -2.76. The highest BCUT2D eigenvalue weighted by Gasteiger charge is 2.59. The van der Waals surface area contributed by atoms with Crippen molar-refractivity contribution in [2.24, 2.45) is 0 Å². The van der Waals surface area contributed by atoms with Gasteiger partial charge in [0.25, 0.3) is 5.91 Å². The summed E-state index contributed by atoms with van der Waals surface area (Å²) >= 11 is 0. The number of amides is 2. The van der Waals surface area contributed by atoms with Crippen molar-refractivity contribution in [3.8, 4) is 0 Å². The second-order valence-electron chi connectivity index (χ2n) is 11.2. The van der Waals surface area contributed by atoms with Gasteiger partial charge in [0, 0.05) is 0 Å². The lowest BCUT2D eigenvalue weighted by atomic mass is 10.0. The summed E-state index contributed by atoms with van der Waals surface area (Å²) in [5, 5.41) is 2.46. The van der Waals surface area contributed by atoms with E-state index in [4.69, 9.17) is 9.29 Å². The quantitative estimate of drug-likeness (QED) is 0.0673. The number of hydrogen-bond donors (Lipinski definition) is 2. The van der Waals surface area contributed by atoms with E-state index in [0.717, 1.165) is 12.0 Å². The molecule has 1 atom stereocenters. The molecule has 0 radical (unpaired) electrons. The van der Waals surface area contributed by atoms with Crippen molar-refractivity contribution in [2.75, 3.05) is 39.3 Å². The molecule has 1 saturated heterocycles. The Balaban J connectivity index is 0.000000438. The fraction of sp³-hybridized carbons (Fsp3) is 0.742. The Morgan fingerprint density at radius 1 is 0.878 bits per heavy atom. The molecule has 236 valence electrons. The average Bonchev–Trinajstić information content (AvgIpc) is 2.95. The average molecular weight is 599 g/mol. The predicted molar refractivity (Wildman–Crippen MR) is 165 cm³/mol. The zero-order valence-corrected chi connectivity index (χ0v) is 27.0. The Morgan fingerprint density at radius 3 is 1.73 bits per heavy atom. The van der Waals surface area contributed by atoms with Crippen molar-refractivity contribution in [1.82, 2.24) is 9.62 Å². The Kier molecular flexibility index (Phi) is 17.4. The van der Waals surface area contributed by atoms with Crippen molar-refractivity contribution in [1.29, 1.82) is 0 Å². The van der Waals surface area contributed by atoms with Gasteiger partial charge >= 0.3 is 10.3 Å². The fourth-order valence-electron chi connectivity index (χ4n) is 4.96. The summed E-state index contributed by atoms with van der Waals surface area (Å²) in [6, 6.07) is 8.90. The van der Waals surface area contributed by atoms with E-state index in [2.05, 4.69) is 33.0 Å². The van der Waals surface area contributed by atoms with Crippen LogP contribution in [0.4, 0.5) is 0 Å². The van der Waals surface area contributed by atoms with Gasteiger partial charge < -0.3 is 14.5 Å². The molecule has 2 rings (SSSR count). The van der Waals surface area contributed by atoms with E-state index in [1.54, 1.807) is 24.3 Å². The fourth-order valence-corrected chi connectivity index (χ4v) is 5.66. The second kappa shape index (κ2) is 19.2. The van der Waals surface area contributed by atoms with E-state index < -0.39 is 34.4 Å². The van der Waals surface area contributed by atoms with Crippen LogP contribution in [0.3, 0.4) is 0 Å². The lowest BCUT2D eigenvalue weighted by Gasteiger charge is -2.45. The molecule has 1 fully saturated rings. The van der Waals surface area contributed by atoms with Crippen molar-refractivity contribution >= 4 is 22.1 Å². The smallest absolute Gasteiger partial charge is 0.346 e. The molecule has 0 aromatic heterocycles. The highest BCUT2D eigenvalue weighted by molar-refractivity contribution is 7.84. The van der Waals surface area contributed by atoms with Gasteiger partial charge in [-0.1, -0.05) is 97.1 Å². The molecule has 1 unspecified atom stereocenters. The number of unbranched alkanes of at least 4 members (excludes halogenated alkanes) is 5. The standard InChI is InChI=1S/C16H36N.C15H20N2O6S/c1-5-9-13-17(14-10-6-2,15-11-7-3)16-12-8-4;1-2-3-9-23-15(11-17(14(15)19)24(20,21)22)16-13(18)10-12-7-5-4-6-8-12/h5-16H2,1-4H3;4-8H,2-3,9-11H2,1H3,(H,16,18)(H,20,21,22)/q+1;. The van der Waals surface area contributed by atoms with Crippen LogP contribution >= 0.6 is 0 Å². The van der Waals surface area contributed by atoms with Gasteiger partial charge in [0.05, 0.1) is 45.8 Å². The van der Waals surface area contributed by atoms with Gasteiger partial charge in [0.15, 0.2) is 0 Å². The summed E-state index contributed by atoms with van der Waals surface area (Å²) in [5.74, 6) is -1.47. The van der Waals surface area contributed by atoms with Gasteiger partial charge in [-0.05, 0) is 37.7 Å². The van der Waals surface area contributed by atoms with Crippen molar-refractivity contribution in [3.63, 3.8) is 0 Å². The number of ether oxygens (including phenoxy) is 1. The Bertz CT molecular complexity index is 951. The molecule has 1 aromatic rings. The molecule has 0 saturated carbocycles. The molecule has 0 spiro atoms. The van der Waals surface area contributed by atoms with Crippen LogP contribution in [0.1, 0.15) is 104 Å². The monoisotopic (exact) mass is 598 g/mol. The van der Waals surface area contributed by atoms with E-state index in [9.17, 15) is 18.0 Å². The van der Waals surface area contributed by atoms with E-state index in [1.807, 2.05) is 13.0 Å². The molecule has 2 N–H and O–H groups in total. The summed E-state index contributed by atoms with van der Waals surface area (Å²) in [6.07, 6.45) is 12.5. The van der Waals surface area contributed by atoms with E-state index in [0.29, 0.717) is 6.42 Å². The molecule has 10 heteroatoms. The SMILES string of the molecule is CCCCOC1(NC(=O)Cc2ccccc2)CN(S(=O)(=O)O)C1=O.CCCC[N+](CCCC)(CCCC)CCCC. The Labute approximate surface area is 249 Å². The molecule has 1 aliphatic heterocycles. The molecular weight excluding hydrogens is 542 g/mol. The second-order valence-corrected chi connectivity index (χ2v) is 12.5. The maximum Gasteiger partial charge on any atom is 0.362 e.